The van der Waals surface area contributed by atoms with E-state index in [1.165, 1.54) is 4.57 Å². The molecule has 7 nitrogen and oxygen atoms in total. The van der Waals surface area contributed by atoms with E-state index in [1.54, 1.807) is 36.4 Å². The maximum Gasteiger partial charge on any atom is 0.326 e. The predicted octanol–water partition coefficient (Wildman–Crippen LogP) is 1.97. The van der Waals surface area contributed by atoms with E-state index in [0.717, 1.165) is 11.1 Å². The lowest BCUT2D eigenvalue weighted by molar-refractivity contribution is -0.137. The Morgan fingerprint density at radius 2 is 1.85 bits per heavy atom. The number of fused-ring (bicyclic) bond motifs is 1. The summed E-state index contributed by atoms with van der Waals surface area (Å²) in [6.45, 7) is 1.67. The Bertz CT molecular complexity index is 1020. The highest BCUT2D eigenvalue weighted by Crippen LogP contribution is 2.21. The molecule has 0 bridgehead atoms. The van der Waals surface area contributed by atoms with Crippen molar-refractivity contribution >= 4 is 22.9 Å². The monoisotopic (exact) mass is 353 g/mol. The molecule has 1 amide bonds. The van der Waals surface area contributed by atoms with Gasteiger partial charge in [0.05, 0.1) is 23.5 Å². The van der Waals surface area contributed by atoms with Gasteiger partial charge in [-0.05, 0) is 30.2 Å². The van der Waals surface area contributed by atoms with E-state index in [-0.39, 0.29) is 18.7 Å². The Kier molecular flexibility index (Phi) is 4.88. The van der Waals surface area contributed by atoms with Gasteiger partial charge in [-0.2, -0.15) is 0 Å². The van der Waals surface area contributed by atoms with Gasteiger partial charge in [0, 0.05) is 0 Å². The van der Waals surface area contributed by atoms with Crippen LogP contribution in [0, 0.1) is 6.92 Å². The van der Waals surface area contributed by atoms with Crippen molar-refractivity contribution in [1.29, 1.82) is 0 Å². The topological polar surface area (TPSA) is 104 Å². The number of hydrogen-bond donors (Lipinski definition) is 3. The number of aromatic nitrogens is 2. The molecule has 1 heterocycles. The minimum Gasteiger partial charge on any atom is -0.481 e. The first-order chi connectivity index (χ1) is 12.5. The highest BCUT2D eigenvalue weighted by molar-refractivity contribution is 5.81. The minimum atomic E-state index is -1.01. The number of imidazole rings is 1. The van der Waals surface area contributed by atoms with Gasteiger partial charge < -0.3 is 15.4 Å². The number of para-hydroxylation sites is 2. The third kappa shape index (κ3) is 3.66. The summed E-state index contributed by atoms with van der Waals surface area (Å²) in [5.74, 6) is -1.44. The average Bonchev–Trinajstić information content (AvgIpc) is 2.90. The number of carbonyl (C=O) groups excluding carboxylic acids is 1. The molecular formula is C19H19N3O4. The molecule has 0 spiro atoms. The normalized spacial score (nSPS) is 12.0. The summed E-state index contributed by atoms with van der Waals surface area (Å²) in [5, 5.41) is 11.9. The van der Waals surface area contributed by atoms with Crippen molar-refractivity contribution in [2.24, 2.45) is 0 Å². The first-order valence-electron chi connectivity index (χ1n) is 8.20. The van der Waals surface area contributed by atoms with Crippen LogP contribution >= 0.6 is 0 Å². The van der Waals surface area contributed by atoms with Crippen molar-refractivity contribution in [3.8, 4) is 0 Å². The number of nitrogens with zero attached hydrogens (tertiary/aromatic N) is 1. The Balaban J connectivity index is 1.84. The van der Waals surface area contributed by atoms with Crippen LogP contribution in [-0.2, 0) is 16.1 Å². The Morgan fingerprint density at radius 3 is 2.58 bits per heavy atom. The number of aromatic amines is 1. The highest BCUT2D eigenvalue weighted by Gasteiger charge is 2.20. The van der Waals surface area contributed by atoms with Crippen molar-refractivity contribution in [2.45, 2.75) is 25.9 Å². The van der Waals surface area contributed by atoms with Crippen LogP contribution in [0.1, 0.15) is 23.6 Å². The fourth-order valence-electron chi connectivity index (χ4n) is 3.04. The second-order valence-corrected chi connectivity index (χ2v) is 6.11. The molecule has 0 aliphatic rings. The molecule has 1 aromatic heterocycles. The third-order valence-corrected chi connectivity index (χ3v) is 4.26. The van der Waals surface area contributed by atoms with Crippen LogP contribution in [0.25, 0.3) is 11.0 Å². The molecule has 0 saturated heterocycles. The number of rotatable bonds is 6. The second kappa shape index (κ2) is 7.26. The van der Waals surface area contributed by atoms with Gasteiger partial charge in [-0.15, -0.1) is 0 Å². The Hall–Kier alpha value is -3.35. The zero-order chi connectivity index (χ0) is 18.7. The SMILES string of the molecule is Cc1ccccc1C(CC(=O)O)NC(=O)Cn1c(=O)[nH]c2ccccc21. The molecule has 3 N–H and O–H groups in total. The lowest BCUT2D eigenvalue weighted by Crippen LogP contribution is -2.35. The molecule has 134 valence electrons. The number of H-pyrrole nitrogens is 1. The summed E-state index contributed by atoms with van der Waals surface area (Å²) in [6, 6.07) is 13.7. The molecule has 0 fully saturated rings. The van der Waals surface area contributed by atoms with Crippen LogP contribution in [0.2, 0.25) is 0 Å². The molecule has 1 atom stereocenters. The van der Waals surface area contributed by atoms with Gasteiger partial charge in [-0.25, -0.2) is 4.79 Å². The number of amides is 1. The summed E-state index contributed by atoms with van der Waals surface area (Å²) >= 11 is 0. The van der Waals surface area contributed by atoms with Crippen molar-refractivity contribution < 1.29 is 14.7 Å². The van der Waals surface area contributed by atoms with Gasteiger partial charge in [0.15, 0.2) is 0 Å². The molecule has 0 saturated carbocycles. The van der Waals surface area contributed by atoms with Crippen molar-refractivity contribution in [1.82, 2.24) is 14.9 Å². The number of carbonyl (C=O) groups is 2. The zero-order valence-corrected chi connectivity index (χ0v) is 14.2. The number of benzene rings is 2. The summed E-state index contributed by atoms with van der Waals surface area (Å²) in [6.07, 6.45) is -0.237. The molecule has 1 unspecified atom stereocenters. The summed E-state index contributed by atoms with van der Waals surface area (Å²) in [4.78, 5) is 38.5. The molecule has 0 aliphatic heterocycles. The predicted molar refractivity (Wildman–Crippen MR) is 96.9 cm³/mol. The number of hydrogen-bond acceptors (Lipinski definition) is 3. The molecular weight excluding hydrogens is 334 g/mol. The molecule has 3 aromatic rings. The standard InChI is InChI=1S/C19H19N3O4/c1-12-6-2-3-7-13(12)15(10-18(24)25)20-17(23)11-22-16-9-5-4-8-14(16)21-19(22)26/h2-9,15H,10-11H2,1H3,(H,20,23)(H,21,26)(H,24,25). The van der Waals surface area contributed by atoms with E-state index in [0.29, 0.717) is 11.0 Å². The van der Waals surface area contributed by atoms with Crippen LogP contribution in [0.3, 0.4) is 0 Å². The molecule has 3 rings (SSSR count). The first-order valence-corrected chi connectivity index (χ1v) is 8.20. The number of aryl methyl sites for hydroxylation is 1. The summed E-state index contributed by atoms with van der Waals surface area (Å²) in [7, 11) is 0. The summed E-state index contributed by atoms with van der Waals surface area (Å²) < 4.78 is 1.33. The average molecular weight is 353 g/mol. The van der Waals surface area contributed by atoms with E-state index in [1.807, 2.05) is 19.1 Å². The minimum absolute atomic E-state index is 0.190. The molecule has 7 heteroatoms. The van der Waals surface area contributed by atoms with Crippen LogP contribution in [0.4, 0.5) is 0 Å². The van der Waals surface area contributed by atoms with E-state index in [2.05, 4.69) is 10.3 Å². The molecule has 0 radical (unpaired) electrons. The van der Waals surface area contributed by atoms with Crippen LogP contribution in [0.15, 0.2) is 53.3 Å². The number of nitrogens with one attached hydrogen (secondary N) is 2. The molecule has 2 aromatic carbocycles. The van der Waals surface area contributed by atoms with Gasteiger partial charge >= 0.3 is 11.7 Å². The van der Waals surface area contributed by atoms with Crippen LogP contribution < -0.4 is 11.0 Å². The largest absolute Gasteiger partial charge is 0.481 e. The smallest absolute Gasteiger partial charge is 0.326 e. The lowest BCUT2D eigenvalue weighted by Gasteiger charge is -2.19. The van der Waals surface area contributed by atoms with E-state index in [9.17, 15) is 19.5 Å². The Labute approximate surface area is 149 Å². The Morgan fingerprint density at radius 1 is 1.15 bits per heavy atom. The maximum absolute atomic E-state index is 12.5. The fraction of sp³-hybridized carbons (Fsp3) is 0.211. The first kappa shape index (κ1) is 17.5. The van der Waals surface area contributed by atoms with Gasteiger partial charge in [0.25, 0.3) is 0 Å². The van der Waals surface area contributed by atoms with Gasteiger partial charge in [0.1, 0.15) is 6.54 Å². The second-order valence-electron chi connectivity index (χ2n) is 6.11. The third-order valence-electron chi connectivity index (χ3n) is 4.26. The van der Waals surface area contributed by atoms with E-state index in [4.69, 9.17) is 0 Å². The van der Waals surface area contributed by atoms with E-state index < -0.39 is 17.9 Å². The molecule has 0 aliphatic carbocycles. The fourth-order valence-corrected chi connectivity index (χ4v) is 3.04. The van der Waals surface area contributed by atoms with Gasteiger partial charge in [-0.1, -0.05) is 36.4 Å². The van der Waals surface area contributed by atoms with Crippen LogP contribution in [-0.4, -0.2) is 26.5 Å². The number of aliphatic carboxylic acids is 1. The maximum atomic E-state index is 12.5. The molecule has 26 heavy (non-hydrogen) atoms. The van der Waals surface area contributed by atoms with Crippen molar-refractivity contribution in [3.63, 3.8) is 0 Å². The number of carboxylic acid groups (broad SMARTS) is 1. The van der Waals surface area contributed by atoms with Crippen LogP contribution in [0.5, 0.6) is 0 Å². The van der Waals surface area contributed by atoms with Crippen molar-refractivity contribution in [2.75, 3.05) is 0 Å². The number of carboxylic acids is 1. The van der Waals surface area contributed by atoms with Gasteiger partial charge in [0.2, 0.25) is 5.91 Å². The highest BCUT2D eigenvalue weighted by atomic mass is 16.4. The van der Waals surface area contributed by atoms with E-state index >= 15 is 0 Å². The zero-order valence-electron chi connectivity index (χ0n) is 14.2. The van der Waals surface area contributed by atoms with Gasteiger partial charge in [-0.3, -0.25) is 14.2 Å². The van der Waals surface area contributed by atoms with Crippen molar-refractivity contribution in [3.05, 3.63) is 70.1 Å². The summed E-state index contributed by atoms with van der Waals surface area (Å²) in [5.41, 5.74) is 2.52. The quantitative estimate of drug-likeness (QED) is 0.630. The lowest BCUT2D eigenvalue weighted by atomic mass is 9.99.